The Kier molecular flexibility index (Phi) is 7.12. The van der Waals surface area contributed by atoms with E-state index in [0.717, 1.165) is 11.3 Å². The van der Waals surface area contributed by atoms with Crippen molar-refractivity contribution in [2.45, 2.75) is 6.92 Å². The standard InChI is InChI=1S/C22H18Br2N2O4/c1-13-8-17(6-7-20(13)29-2)30-16-5-3-4-15(11-16)22(28)26-25-12-14-9-18(23)21(27)19(24)10-14/h3-12,27H,1-2H3,(H,26,28). The fourth-order valence-electron chi connectivity index (χ4n) is 2.64. The van der Waals surface area contributed by atoms with Gasteiger partial charge in [-0.15, -0.1) is 0 Å². The summed E-state index contributed by atoms with van der Waals surface area (Å²) < 4.78 is 12.1. The molecular formula is C22H18Br2N2O4. The number of ether oxygens (including phenoxy) is 2. The van der Waals surface area contributed by atoms with E-state index < -0.39 is 0 Å². The number of hydrogen-bond donors (Lipinski definition) is 2. The lowest BCUT2D eigenvalue weighted by Crippen LogP contribution is -2.17. The van der Waals surface area contributed by atoms with E-state index in [9.17, 15) is 9.90 Å². The molecule has 0 bridgehead atoms. The Hall–Kier alpha value is -2.84. The Morgan fingerprint density at radius 3 is 2.43 bits per heavy atom. The van der Waals surface area contributed by atoms with E-state index in [-0.39, 0.29) is 11.7 Å². The normalized spacial score (nSPS) is 10.8. The summed E-state index contributed by atoms with van der Waals surface area (Å²) in [5, 5.41) is 13.7. The zero-order valence-corrected chi connectivity index (χ0v) is 19.3. The number of aryl methyl sites for hydroxylation is 1. The largest absolute Gasteiger partial charge is 0.506 e. The highest BCUT2D eigenvalue weighted by Crippen LogP contribution is 2.33. The number of aromatic hydroxyl groups is 1. The number of amides is 1. The molecule has 2 N–H and O–H groups in total. The van der Waals surface area contributed by atoms with Gasteiger partial charge in [0.05, 0.1) is 22.3 Å². The summed E-state index contributed by atoms with van der Waals surface area (Å²) in [4.78, 5) is 12.4. The maximum absolute atomic E-state index is 12.4. The van der Waals surface area contributed by atoms with Crippen molar-refractivity contribution in [2.24, 2.45) is 5.10 Å². The Bertz CT molecular complexity index is 1090. The van der Waals surface area contributed by atoms with Crippen molar-refractivity contribution in [3.63, 3.8) is 0 Å². The monoisotopic (exact) mass is 532 g/mol. The van der Waals surface area contributed by atoms with Crippen LogP contribution in [0.3, 0.4) is 0 Å². The molecular weight excluding hydrogens is 516 g/mol. The molecule has 0 heterocycles. The van der Waals surface area contributed by atoms with Gasteiger partial charge in [-0.1, -0.05) is 6.07 Å². The minimum Gasteiger partial charge on any atom is -0.506 e. The highest BCUT2D eigenvalue weighted by Gasteiger charge is 2.08. The number of nitrogens with zero attached hydrogens (tertiary/aromatic N) is 1. The minimum absolute atomic E-state index is 0.0973. The van der Waals surface area contributed by atoms with E-state index in [1.54, 1.807) is 49.6 Å². The van der Waals surface area contributed by atoms with Crippen LogP contribution in [0.15, 0.2) is 68.6 Å². The molecule has 0 atom stereocenters. The quantitative estimate of drug-likeness (QED) is 0.310. The highest BCUT2D eigenvalue weighted by atomic mass is 79.9. The second-order valence-electron chi connectivity index (χ2n) is 6.29. The van der Waals surface area contributed by atoms with Crippen molar-refractivity contribution >= 4 is 44.0 Å². The topological polar surface area (TPSA) is 80.2 Å². The molecule has 0 aromatic heterocycles. The van der Waals surface area contributed by atoms with Gasteiger partial charge in [-0.05, 0) is 98.4 Å². The molecule has 30 heavy (non-hydrogen) atoms. The fraction of sp³-hybridized carbons (Fsp3) is 0.0909. The van der Waals surface area contributed by atoms with Gasteiger partial charge in [-0.25, -0.2) is 5.43 Å². The summed E-state index contributed by atoms with van der Waals surface area (Å²) in [6.45, 7) is 1.93. The Morgan fingerprint density at radius 1 is 1.07 bits per heavy atom. The third-order valence-electron chi connectivity index (χ3n) is 4.12. The number of hydrazone groups is 1. The lowest BCUT2D eigenvalue weighted by atomic mass is 10.2. The molecule has 0 saturated heterocycles. The van der Waals surface area contributed by atoms with Gasteiger partial charge in [0.25, 0.3) is 5.91 Å². The Balaban J connectivity index is 1.68. The zero-order valence-electron chi connectivity index (χ0n) is 16.1. The van der Waals surface area contributed by atoms with Crippen LogP contribution in [0.25, 0.3) is 0 Å². The molecule has 0 aliphatic rings. The number of nitrogens with one attached hydrogen (secondary N) is 1. The molecule has 3 aromatic rings. The molecule has 0 aliphatic heterocycles. The number of phenolic OH excluding ortho intramolecular Hbond substituents is 1. The van der Waals surface area contributed by atoms with Gasteiger partial charge in [-0.2, -0.15) is 5.10 Å². The number of hydrogen-bond acceptors (Lipinski definition) is 5. The first kappa shape index (κ1) is 21.9. The van der Waals surface area contributed by atoms with Gasteiger partial charge in [0, 0.05) is 5.56 Å². The summed E-state index contributed by atoms with van der Waals surface area (Å²) in [5.41, 5.74) is 4.53. The predicted octanol–water partition coefficient (Wildman–Crippen LogP) is 5.79. The number of carbonyl (C=O) groups excluding carboxylic acids is 1. The first-order valence-electron chi connectivity index (χ1n) is 8.81. The fourth-order valence-corrected chi connectivity index (χ4v) is 3.86. The van der Waals surface area contributed by atoms with E-state index in [1.165, 1.54) is 6.21 Å². The van der Waals surface area contributed by atoms with Crippen LogP contribution in [-0.4, -0.2) is 24.3 Å². The SMILES string of the molecule is COc1ccc(Oc2cccc(C(=O)NN=Cc3cc(Br)c(O)c(Br)c3)c2)cc1C. The molecule has 8 heteroatoms. The summed E-state index contributed by atoms with van der Waals surface area (Å²) >= 11 is 6.50. The molecule has 3 rings (SSSR count). The van der Waals surface area contributed by atoms with Crippen LogP contribution in [0.2, 0.25) is 0 Å². The van der Waals surface area contributed by atoms with Gasteiger partial charge in [0.15, 0.2) is 0 Å². The Labute approximate surface area is 190 Å². The number of methoxy groups -OCH3 is 1. The Morgan fingerprint density at radius 2 is 1.77 bits per heavy atom. The molecule has 0 radical (unpaired) electrons. The van der Waals surface area contributed by atoms with Crippen LogP contribution >= 0.6 is 31.9 Å². The van der Waals surface area contributed by atoms with Crippen molar-refractivity contribution in [3.05, 3.63) is 80.2 Å². The predicted molar refractivity (Wildman–Crippen MR) is 123 cm³/mol. The molecule has 154 valence electrons. The number of halogens is 2. The molecule has 0 spiro atoms. The van der Waals surface area contributed by atoms with Gasteiger partial charge in [0.1, 0.15) is 23.0 Å². The van der Waals surface area contributed by atoms with E-state index in [4.69, 9.17) is 9.47 Å². The first-order chi connectivity index (χ1) is 14.4. The van der Waals surface area contributed by atoms with Gasteiger partial charge in [0.2, 0.25) is 0 Å². The second kappa shape index (κ2) is 9.77. The van der Waals surface area contributed by atoms with Crippen LogP contribution < -0.4 is 14.9 Å². The van der Waals surface area contributed by atoms with Crippen LogP contribution in [-0.2, 0) is 0 Å². The minimum atomic E-state index is -0.375. The number of phenols is 1. The van der Waals surface area contributed by atoms with Crippen molar-refractivity contribution in [1.82, 2.24) is 5.43 Å². The number of carbonyl (C=O) groups is 1. The molecule has 0 unspecified atom stereocenters. The summed E-state index contributed by atoms with van der Waals surface area (Å²) in [7, 11) is 1.62. The lowest BCUT2D eigenvalue weighted by Gasteiger charge is -2.10. The van der Waals surface area contributed by atoms with Crippen molar-refractivity contribution in [1.29, 1.82) is 0 Å². The van der Waals surface area contributed by atoms with Crippen molar-refractivity contribution < 1.29 is 19.4 Å². The summed E-state index contributed by atoms with van der Waals surface area (Å²) in [6, 6.07) is 15.7. The summed E-state index contributed by atoms with van der Waals surface area (Å²) in [5.74, 6) is 1.68. The van der Waals surface area contributed by atoms with Gasteiger partial charge < -0.3 is 14.6 Å². The van der Waals surface area contributed by atoms with Gasteiger partial charge >= 0.3 is 0 Å². The van der Waals surface area contributed by atoms with E-state index in [2.05, 4.69) is 42.4 Å². The van der Waals surface area contributed by atoms with E-state index in [0.29, 0.717) is 31.6 Å². The third-order valence-corrected chi connectivity index (χ3v) is 5.33. The molecule has 3 aromatic carbocycles. The molecule has 0 fully saturated rings. The first-order valence-corrected chi connectivity index (χ1v) is 10.4. The second-order valence-corrected chi connectivity index (χ2v) is 8.00. The third kappa shape index (κ3) is 5.40. The zero-order chi connectivity index (χ0) is 21.7. The van der Waals surface area contributed by atoms with E-state index in [1.807, 2.05) is 19.1 Å². The lowest BCUT2D eigenvalue weighted by molar-refractivity contribution is 0.0955. The summed E-state index contributed by atoms with van der Waals surface area (Å²) in [6.07, 6.45) is 1.48. The average molecular weight is 534 g/mol. The smallest absolute Gasteiger partial charge is 0.271 e. The van der Waals surface area contributed by atoms with Crippen LogP contribution in [0.5, 0.6) is 23.0 Å². The van der Waals surface area contributed by atoms with Gasteiger partial charge in [-0.3, -0.25) is 4.79 Å². The molecule has 0 saturated carbocycles. The number of benzene rings is 3. The van der Waals surface area contributed by atoms with Crippen LogP contribution in [0, 0.1) is 6.92 Å². The molecule has 0 aliphatic carbocycles. The molecule has 6 nitrogen and oxygen atoms in total. The van der Waals surface area contributed by atoms with Crippen LogP contribution in [0.1, 0.15) is 21.5 Å². The average Bonchev–Trinajstić information content (AvgIpc) is 2.72. The maximum atomic E-state index is 12.4. The molecule has 1 amide bonds. The number of rotatable bonds is 6. The van der Waals surface area contributed by atoms with E-state index >= 15 is 0 Å². The van der Waals surface area contributed by atoms with Crippen molar-refractivity contribution in [3.8, 4) is 23.0 Å². The maximum Gasteiger partial charge on any atom is 0.271 e. The van der Waals surface area contributed by atoms with Crippen LogP contribution in [0.4, 0.5) is 0 Å². The van der Waals surface area contributed by atoms with Crippen molar-refractivity contribution in [2.75, 3.05) is 7.11 Å². The highest BCUT2D eigenvalue weighted by molar-refractivity contribution is 9.11.